The molecule has 1 fully saturated rings. The summed E-state index contributed by atoms with van der Waals surface area (Å²) in [6.07, 6.45) is 4.87. The number of fused-ring (bicyclic) bond motifs is 3. The second-order valence-corrected chi connectivity index (χ2v) is 10.0. The largest absolute Gasteiger partial charge is 0.457 e. The van der Waals surface area contributed by atoms with Gasteiger partial charge >= 0.3 is 12.1 Å². The van der Waals surface area contributed by atoms with Gasteiger partial charge in [-0.05, 0) is 60.1 Å². The lowest BCUT2D eigenvalue weighted by molar-refractivity contribution is 0.000728. The number of carbonyl (C=O) groups is 2. The molecule has 1 saturated heterocycles. The minimum atomic E-state index is -0.345. The number of amides is 1. The van der Waals surface area contributed by atoms with Crippen molar-refractivity contribution in [2.24, 2.45) is 0 Å². The lowest BCUT2D eigenvalue weighted by Crippen LogP contribution is -2.45. The molecule has 1 aliphatic heterocycles. The Kier molecular flexibility index (Phi) is 7.88. The molecule has 3 aromatic rings. The summed E-state index contributed by atoms with van der Waals surface area (Å²) in [5.74, 6) is -0.310. The molecule has 0 bridgehead atoms. The van der Waals surface area contributed by atoms with Crippen LogP contribution < -0.4 is 0 Å². The van der Waals surface area contributed by atoms with Gasteiger partial charge in [-0.25, -0.2) is 9.59 Å². The number of ether oxygens (including phenoxy) is 2. The Bertz CT molecular complexity index is 1180. The van der Waals surface area contributed by atoms with E-state index in [1.165, 1.54) is 22.3 Å². The Morgan fingerprint density at radius 2 is 1.54 bits per heavy atom. The fourth-order valence-electron chi connectivity index (χ4n) is 5.79. The maximum absolute atomic E-state index is 13.4. The van der Waals surface area contributed by atoms with E-state index in [1.807, 2.05) is 42.5 Å². The van der Waals surface area contributed by atoms with Crippen molar-refractivity contribution in [3.8, 4) is 11.1 Å². The molecule has 5 rings (SSSR count). The molecule has 0 spiro atoms. The summed E-state index contributed by atoms with van der Waals surface area (Å²) in [7, 11) is 0. The van der Waals surface area contributed by atoms with Crippen LogP contribution in [-0.2, 0) is 9.47 Å². The zero-order valence-corrected chi connectivity index (χ0v) is 21.5. The number of nitrogens with zero attached hydrogens (tertiary/aromatic N) is 1. The van der Waals surface area contributed by atoms with Crippen LogP contribution >= 0.6 is 0 Å². The number of benzene rings is 3. The van der Waals surface area contributed by atoms with Crippen LogP contribution in [0.5, 0.6) is 0 Å². The summed E-state index contributed by atoms with van der Waals surface area (Å²) in [5, 5.41) is 0. The van der Waals surface area contributed by atoms with E-state index in [-0.39, 0.29) is 30.1 Å². The second-order valence-electron chi connectivity index (χ2n) is 10.0. The first kappa shape index (κ1) is 25.1. The molecule has 1 aliphatic carbocycles. The molecule has 0 aromatic heterocycles. The van der Waals surface area contributed by atoms with E-state index >= 15 is 0 Å². The van der Waals surface area contributed by atoms with Crippen molar-refractivity contribution >= 4 is 12.1 Å². The van der Waals surface area contributed by atoms with Gasteiger partial charge in [0.25, 0.3) is 0 Å². The number of hydrogen-bond acceptors (Lipinski definition) is 4. The fourth-order valence-corrected chi connectivity index (χ4v) is 5.79. The Balaban J connectivity index is 1.28. The molecule has 0 saturated carbocycles. The highest BCUT2D eigenvalue weighted by Crippen LogP contribution is 2.44. The number of rotatable bonds is 9. The molecule has 2 aliphatic rings. The second kappa shape index (κ2) is 11.6. The van der Waals surface area contributed by atoms with Gasteiger partial charge in [-0.1, -0.05) is 86.5 Å². The summed E-state index contributed by atoms with van der Waals surface area (Å²) in [4.78, 5) is 28.1. The predicted octanol–water partition coefficient (Wildman–Crippen LogP) is 7.21. The highest BCUT2D eigenvalue weighted by molar-refractivity contribution is 5.89. The van der Waals surface area contributed by atoms with E-state index in [9.17, 15) is 9.59 Å². The van der Waals surface area contributed by atoms with Crippen molar-refractivity contribution in [1.29, 1.82) is 0 Å². The summed E-state index contributed by atoms with van der Waals surface area (Å²) >= 11 is 0. The minimum absolute atomic E-state index is 0.0219. The van der Waals surface area contributed by atoms with Crippen molar-refractivity contribution in [3.05, 3.63) is 95.6 Å². The van der Waals surface area contributed by atoms with Crippen LogP contribution in [0.1, 0.15) is 72.9 Å². The first-order chi connectivity index (χ1) is 18.2. The molecule has 5 heteroatoms. The van der Waals surface area contributed by atoms with E-state index < -0.39 is 0 Å². The third-order valence-corrected chi connectivity index (χ3v) is 7.66. The van der Waals surface area contributed by atoms with Gasteiger partial charge in [-0.2, -0.15) is 0 Å². The van der Waals surface area contributed by atoms with Crippen molar-refractivity contribution in [2.75, 3.05) is 13.2 Å². The summed E-state index contributed by atoms with van der Waals surface area (Å²) in [5.41, 5.74) is 5.35. The minimum Gasteiger partial charge on any atom is -0.457 e. The van der Waals surface area contributed by atoms with E-state index in [4.69, 9.17) is 9.47 Å². The van der Waals surface area contributed by atoms with Gasteiger partial charge in [-0.15, -0.1) is 0 Å². The van der Waals surface area contributed by atoms with Gasteiger partial charge in [0.2, 0.25) is 0 Å². The average Bonchev–Trinajstić information content (AvgIpc) is 3.55. The molecule has 0 unspecified atom stereocenters. The smallest absolute Gasteiger partial charge is 0.410 e. The zero-order chi connectivity index (χ0) is 25.6. The number of unbranched alkanes of at least 4 members (excludes halogenated alkanes) is 2. The van der Waals surface area contributed by atoms with Gasteiger partial charge in [0.05, 0.1) is 11.6 Å². The Labute approximate surface area is 219 Å². The normalized spacial score (nSPS) is 17.2. The van der Waals surface area contributed by atoms with Crippen molar-refractivity contribution in [3.63, 3.8) is 0 Å². The van der Waals surface area contributed by atoms with Crippen molar-refractivity contribution in [1.82, 2.24) is 4.90 Å². The number of carbonyl (C=O) groups excluding carboxylic acids is 2. The molecule has 37 heavy (non-hydrogen) atoms. The maximum atomic E-state index is 13.4. The number of likely N-dealkylation sites (tertiary alicyclic amines) is 1. The lowest BCUT2D eigenvalue weighted by atomic mass is 9.98. The first-order valence-electron chi connectivity index (χ1n) is 13.5. The van der Waals surface area contributed by atoms with Gasteiger partial charge < -0.3 is 14.4 Å². The molecule has 2 atom stereocenters. The van der Waals surface area contributed by atoms with Crippen LogP contribution in [0.15, 0.2) is 78.9 Å². The molecule has 5 nitrogen and oxygen atoms in total. The highest BCUT2D eigenvalue weighted by Gasteiger charge is 2.38. The predicted molar refractivity (Wildman–Crippen MR) is 145 cm³/mol. The van der Waals surface area contributed by atoms with E-state index in [0.717, 1.165) is 38.5 Å². The van der Waals surface area contributed by atoms with Crippen LogP contribution in [0.4, 0.5) is 4.79 Å². The van der Waals surface area contributed by atoms with Crippen LogP contribution in [-0.4, -0.2) is 42.3 Å². The Hall–Kier alpha value is -3.60. The van der Waals surface area contributed by atoms with Crippen molar-refractivity contribution in [2.45, 2.75) is 63.5 Å². The van der Waals surface area contributed by atoms with E-state index in [0.29, 0.717) is 18.7 Å². The van der Waals surface area contributed by atoms with Crippen LogP contribution in [0.2, 0.25) is 0 Å². The van der Waals surface area contributed by atoms with Crippen LogP contribution in [0.25, 0.3) is 11.1 Å². The van der Waals surface area contributed by atoms with Crippen molar-refractivity contribution < 1.29 is 19.1 Å². The standard InChI is InChI=1S/C32H35NO4/c1-2-3-5-20-30(37-31(34)23-13-6-4-7-14-23)29-19-12-21-33(29)32(35)36-22-28-26-17-10-8-15-24(26)25-16-9-11-18-27(25)28/h4,6-11,13-18,28-30H,2-3,5,12,19-22H2,1H3/t29-,30-/m1/s1. The topological polar surface area (TPSA) is 55.8 Å². The maximum Gasteiger partial charge on any atom is 0.410 e. The van der Waals surface area contributed by atoms with Gasteiger partial charge in [0.15, 0.2) is 0 Å². The molecule has 0 N–H and O–H groups in total. The monoisotopic (exact) mass is 497 g/mol. The van der Waals surface area contributed by atoms with Crippen LogP contribution in [0, 0.1) is 0 Å². The molecule has 3 aromatic carbocycles. The molecular formula is C32H35NO4. The molecule has 1 amide bonds. The number of esters is 1. The number of hydrogen-bond donors (Lipinski definition) is 0. The highest BCUT2D eigenvalue weighted by atomic mass is 16.6. The zero-order valence-electron chi connectivity index (χ0n) is 21.5. The summed E-state index contributed by atoms with van der Waals surface area (Å²) in [6.45, 7) is 3.07. The fraction of sp³-hybridized carbons (Fsp3) is 0.375. The van der Waals surface area contributed by atoms with Gasteiger partial charge in [-0.3, -0.25) is 0 Å². The van der Waals surface area contributed by atoms with Gasteiger partial charge in [0.1, 0.15) is 12.7 Å². The summed E-state index contributed by atoms with van der Waals surface area (Å²) in [6, 6.07) is 25.6. The Morgan fingerprint density at radius 3 is 2.22 bits per heavy atom. The lowest BCUT2D eigenvalue weighted by Gasteiger charge is -2.31. The SMILES string of the molecule is CCCCC[C@@H](OC(=O)c1ccccc1)[C@H]1CCCN1C(=O)OCC1c2ccccc2-c2ccccc21. The first-order valence-corrected chi connectivity index (χ1v) is 13.5. The van der Waals surface area contributed by atoms with E-state index in [2.05, 4.69) is 31.2 Å². The summed E-state index contributed by atoms with van der Waals surface area (Å²) < 4.78 is 12.0. The third kappa shape index (κ3) is 5.41. The van der Waals surface area contributed by atoms with Gasteiger partial charge in [0, 0.05) is 12.5 Å². The molecule has 192 valence electrons. The van der Waals surface area contributed by atoms with E-state index in [1.54, 1.807) is 17.0 Å². The molecular weight excluding hydrogens is 462 g/mol. The quantitative estimate of drug-likeness (QED) is 0.232. The molecule has 1 heterocycles. The third-order valence-electron chi connectivity index (χ3n) is 7.66. The Morgan fingerprint density at radius 1 is 0.892 bits per heavy atom. The molecule has 0 radical (unpaired) electrons. The van der Waals surface area contributed by atoms with Crippen LogP contribution in [0.3, 0.4) is 0 Å². The average molecular weight is 498 g/mol.